The van der Waals surface area contributed by atoms with Gasteiger partial charge in [0.1, 0.15) is 24.9 Å². The topological polar surface area (TPSA) is 22.1 Å². The fourth-order valence-electron chi connectivity index (χ4n) is 2.51. The van der Waals surface area contributed by atoms with E-state index in [0.717, 1.165) is 39.7 Å². The molecule has 0 aliphatic heterocycles. The standard InChI is InChI=1S/C17H15BFNO/c1-21-17-15(18)7-4-13-9-12(10-20-16(13)17)8-11-2-5-14(19)6-3-11/h2-7,9-10H,8,18H2,1H3. The van der Waals surface area contributed by atoms with E-state index in [1.807, 2.05) is 26.2 Å². The molecule has 4 heteroatoms. The van der Waals surface area contributed by atoms with Crippen molar-refractivity contribution in [3.8, 4) is 5.75 Å². The first-order valence-electron chi connectivity index (χ1n) is 6.84. The summed E-state index contributed by atoms with van der Waals surface area (Å²) in [5, 5.41) is 1.05. The molecule has 3 rings (SSSR count). The second-order valence-corrected chi connectivity index (χ2v) is 5.13. The number of hydrogen-bond donors (Lipinski definition) is 0. The van der Waals surface area contributed by atoms with Crippen LogP contribution in [0.3, 0.4) is 0 Å². The Morgan fingerprint density at radius 1 is 1.10 bits per heavy atom. The summed E-state index contributed by atoms with van der Waals surface area (Å²) in [6, 6.07) is 12.8. The molecule has 2 aromatic carbocycles. The number of pyridine rings is 1. The van der Waals surface area contributed by atoms with Gasteiger partial charge in [0.25, 0.3) is 0 Å². The molecule has 0 spiro atoms. The van der Waals surface area contributed by atoms with E-state index in [0.29, 0.717) is 0 Å². The summed E-state index contributed by atoms with van der Waals surface area (Å²) < 4.78 is 18.4. The molecule has 0 N–H and O–H groups in total. The van der Waals surface area contributed by atoms with Crippen LogP contribution in [0.2, 0.25) is 0 Å². The van der Waals surface area contributed by atoms with E-state index in [4.69, 9.17) is 4.74 Å². The number of hydrogen-bond acceptors (Lipinski definition) is 2. The third-order valence-corrected chi connectivity index (χ3v) is 3.59. The third kappa shape index (κ3) is 2.75. The Bertz CT molecular complexity index is 787. The maximum atomic E-state index is 12.9. The smallest absolute Gasteiger partial charge is 0.144 e. The van der Waals surface area contributed by atoms with Crippen LogP contribution in [0, 0.1) is 5.82 Å². The maximum Gasteiger partial charge on any atom is 0.144 e. The van der Waals surface area contributed by atoms with Gasteiger partial charge in [-0.05, 0) is 41.2 Å². The van der Waals surface area contributed by atoms with Crippen LogP contribution in [-0.2, 0) is 6.42 Å². The van der Waals surface area contributed by atoms with Crippen molar-refractivity contribution in [2.45, 2.75) is 6.42 Å². The average molecular weight is 279 g/mol. The molecule has 0 saturated heterocycles. The highest BCUT2D eigenvalue weighted by atomic mass is 19.1. The van der Waals surface area contributed by atoms with E-state index < -0.39 is 0 Å². The molecule has 0 saturated carbocycles. The minimum absolute atomic E-state index is 0.212. The lowest BCUT2D eigenvalue weighted by Crippen LogP contribution is -2.08. The third-order valence-electron chi connectivity index (χ3n) is 3.59. The highest BCUT2D eigenvalue weighted by Crippen LogP contribution is 2.22. The van der Waals surface area contributed by atoms with E-state index in [-0.39, 0.29) is 5.82 Å². The van der Waals surface area contributed by atoms with Crippen molar-refractivity contribution in [1.29, 1.82) is 0 Å². The summed E-state index contributed by atoms with van der Waals surface area (Å²) in [6.45, 7) is 0. The molecule has 0 aliphatic carbocycles. The number of benzene rings is 2. The Kier molecular flexibility index (Phi) is 3.61. The molecule has 2 nitrogen and oxygen atoms in total. The molecule has 0 amide bonds. The highest BCUT2D eigenvalue weighted by molar-refractivity contribution is 6.35. The van der Waals surface area contributed by atoms with Crippen LogP contribution in [0.5, 0.6) is 5.75 Å². The van der Waals surface area contributed by atoms with Crippen molar-refractivity contribution < 1.29 is 9.13 Å². The van der Waals surface area contributed by atoms with Crippen molar-refractivity contribution in [2.75, 3.05) is 7.11 Å². The van der Waals surface area contributed by atoms with Gasteiger partial charge in [-0.25, -0.2) is 4.39 Å². The second kappa shape index (κ2) is 5.56. The Morgan fingerprint density at radius 3 is 2.57 bits per heavy atom. The van der Waals surface area contributed by atoms with Gasteiger partial charge in [-0.15, -0.1) is 0 Å². The normalized spacial score (nSPS) is 10.8. The minimum Gasteiger partial charge on any atom is -0.495 e. The van der Waals surface area contributed by atoms with Crippen molar-refractivity contribution >= 4 is 24.2 Å². The number of methoxy groups -OCH3 is 1. The van der Waals surface area contributed by atoms with Crippen LogP contribution in [0.15, 0.2) is 48.7 Å². The molecular weight excluding hydrogens is 264 g/mol. The lowest BCUT2D eigenvalue weighted by Gasteiger charge is -2.09. The molecule has 0 unspecified atom stereocenters. The summed E-state index contributed by atoms with van der Waals surface area (Å²) in [4.78, 5) is 4.53. The van der Waals surface area contributed by atoms with Crippen molar-refractivity contribution in [2.24, 2.45) is 0 Å². The zero-order valence-corrected chi connectivity index (χ0v) is 12.1. The van der Waals surface area contributed by atoms with Gasteiger partial charge < -0.3 is 4.74 Å². The predicted molar refractivity (Wildman–Crippen MR) is 85.7 cm³/mol. The number of halogens is 1. The summed E-state index contributed by atoms with van der Waals surface area (Å²) in [5.41, 5.74) is 4.11. The maximum absolute atomic E-state index is 12.9. The van der Waals surface area contributed by atoms with Crippen LogP contribution in [0.25, 0.3) is 10.9 Å². The molecular formula is C17H15BFNO. The van der Waals surface area contributed by atoms with Gasteiger partial charge in [0.05, 0.1) is 7.11 Å². The average Bonchev–Trinajstić information content (AvgIpc) is 2.50. The molecule has 0 bridgehead atoms. The quantitative estimate of drug-likeness (QED) is 0.686. The zero-order chi connectivity index (χ0) is 14.8. The van der Waals surface area contributed by atoms with Crippen molar-refractivity contribution in [3.05, 3.63) is 65.6 Å². The molecule has 0 radical (unpaired) electrons. The van der Waals surface area contributed by atoms with E-state index in [9.17, 15) is 4.39 Å². The van der Waals surface area contributed by atoms with Crippen LogP contribution in [0.1, 0.15) is 11.1 Å². The first-order chi connectivity index (χ1) is 10.2. The molecule has 0 aliphatic rings. The molecule has 1 heterocycles. The molecule has 3 aromatic rings. The van der Waals surface area contributed by atoms with Gasteiger partial charge in [-0.1, -0.05) is 24.3 Å². The van der Waals surface area contributed by atoms with Gasteiger partial charge in [0.15, 0.2) is 0 Å². The lowest BCUT2D eigenvalue weighted by molar-refractivity contribution is 0.422. The lowest BCUT2D eigenvalue weighted by atomic mass is 9.93. The van der Waals surface area contributed by atoms with Gasteiger partial charge in [-0.2, -0.15) is 0 Å². The Morgan fingerprint density at radius 2 is 1.86 bits per heavy atom. The second-order valence-electron chi connectivity index (χ2n) is 5.13. The molecule has 21 heavy (non-hydrogen) atoms. The molecule has 0 atom stereocenters. The minimum atomic E-state index is -0.212. The zero-order valence-electron chi connectivity index (χ0n) is 12.1. The fourth-order valence-corrected chi connectivity index (χ4v) is 2.51. The molecule has 0 fully saturated rings. The number of nitrogens with zero attached hydrogens (tertiary/aromatic N) is 1. The van der Waals surface area contributed by atoms with Crippen LogP contribution < -0.4 is 10.2 Å². The van der Waals surface area contributed by atoms with Gasteiger partial charge in [0, 0.05) is 11.6 Å². The molecule has 1 aromatic heterocycles. The summed E-state index contributed by atoms with van der Waals surface area (Å²) in [6.07, 6.45) is 2.59. The van der Waals surface area contributed by atoms with E-state index >= 15 is 0 Å². The Balaban J connectivity index is 1.98. The fraction of sp³-hybridized carbons (Fsp3) is 0.118. The summed E-state index contributed by atoms with van der Waals surface area (Å²) in [7, 11) is 3.67. The van der Waals surface area contributed by atoms with Crippen LogP contribution in [-0.4, -0.2) is 19.9 Å². The Hall–Kier alpha value is -2.36. The van der Waals surface area contributed by atoms with Gasteiger partial charge >= 0.3 is 0 Å². The van der Waals surface area contributed by atoms with Crippen molar-refractivity contribution in [3.63, 3.8) is 0 Å². The number of ether oxygens (including phenoxy) is 1. The highest BCUT2D eigenvalue weighted by Gasteiger charge is 2.07. The van der Waals surface area contributed by atoms with Crippen molar-refractivity contribution in [1.82, 2.24) is 4.98 Å². The van der Waals surface area contributed by atoms with Crippen LogP contribution in [0.4, 0.5) is 4.39 Å². The van der Waals surface area contributed by atoms with Crippen LogP contribution >= 0.6 is 0 Å². The number of fused-ring (bicyclic) bond motifs is 1. The summed E-state index contributed by atoms with van der Waals surface area (Å²) >= 11 is 0. The predicted octanol–water partition coefficient (Wildman–Crippen LogP) is 2.23. The molecule has 104 valence electrons. The first kappa shape index (κ1) is 13.6. The monoisotopic (exact) mass is 279 g/mol. The number of rotatable bonds is 3. The van der Waals surface area contributed by atoms with E-state index in [1.54, 1.807) is 19.2 Å². The summed E-state index contributed by atoms with van der Waals surface area (Å²) in [5.74, 6) is 0.608. The van der Waals surface area contributed by atoms with Gasteiger partial charge in [-0.3, -0.25) is 4.98 Å². The largest absolute Gasteiger partial charge is 0.495 e. The SMILES string of the molecule is Bc1ccc2cc(Cc3ccc(F)cc3)cnc2c1OC. The number of aromatic nitrogens is 1. The van der Waals surface area contributed by atoms with Gasteiger partial charge in [0.2, 0.25) is 0 Å². The van der Waals surface area contributed by atoms with E-state index in [1.165, 1.54) is 12.1 Å². The van der Waals surface area contributed by atoms with E-state index in [2.05, 4.69) is 11.1 Å². The Labute approximate surface area is 124 Å². The first-order valence-corrected chi connectivity index (χ1v) is 6.84.